The first-order chi connectivity index (χ1) is 14.7. The number of rotatable bonds is 6. The molecule has 0 bridgehead atoms. The molecule has 146 valence electrons. The number of hydrogen-bond acceptors (Lipinski definition) is 5. The highest BCUT2D eigenvalue weighted by Crippen LogP contribution is 2.27. The molecule has 1 aromatic heterocycles. The standard InChI is InChI=1S/C24H17N3O3/c28-27(29)23(18-7-3-1-4-8-18)17-22-15-16-24(30-22)19-11-13-21(14-12-19)26-25-20-9-5-2-6-10-20/h1-17H/b23-17-,26-25?. The number of benzene rings is 3. The molecular weight excluding hydrogens is 378 g/mol. The summed E-state index contributed by atoms with van der Waals surface area (Å²) < 4.78 is 5.81. The molecule has 0 saturated carbocycles. The topological polar surface area (TPSA) is 81.0 Å². The van der Waals surface area contributed by atoms with E-state index in [0.29, 0.717) is 22.8 Å². The van der Waals surface area contributed by atoms with Crippen LogP contribution in [0.15, 0.2) is 112 Å². The lowest BCUT2D eigenvalue weighted by Gasteiger charge is -1.99. The molecule has 30 heavy (non-hydrogen) atoms. The van der Waals surface area contributed by atoms with E-state index in [0.717, 1.165) is 11.3 Å². The minimum Gasteiger partial charge on any atom is -0.456 e. The summed E-state index contributed by atoms with van der Waals surface area (Å²) in [6, 6.07) is 29.1. The molecule has 0 aliphatic rings. The molecule has 0 fully saturated rings. The summed E-state index contributed by atoms with van der Waals surface area (Å²) in [6.07, 6.45) is 1.43. The number of furan rings is 1. The fraction of sp³-hybridized carbons (Fsp3) is 0. The average molecular weight is 395 g/mol. The zero-order valence-corrected chi connectivity index (χ0v) is 15.9. The highest BCUT2D eigenvalue weighted by Gasteiger charge is 2.15. The van der Waals surface area contributed by atoms with E-state index in [1.54, 1.807) is 36.4 Å². The summed E-state index contributed by atoms with van der Waals surface area (Å²) in [6.45, 7) is 0. The zero-order valence-electron chi connectivity index (χ0n) is 15.9. The van der Waals surface area contributed by atoms with Gasteiger partial charge in [-0.1, -0.05) is 36.4 Å². The fourth-order valence-electron chi connectivity index (χ4n) is 2.87. The number of hydrogen-bond donors (Lipinski definition) is 0. The van der Waals surface area contributed by atoms with Gasteiger partial charge in [0.05, 0.1) is 27.9 Å². The van der Waals surface area contributed by atoms with Crippen LogP contribution in [0.1, 0.15) is 11.3 Å². The van der Waals surface area contributed by atoms with Crippen LogP contribution in [0.5, 0.6) is 0 Å². The van der Waals surface area contributed by atoms with Crippen molar-refractivity contribution in [3.8, 4) is 11.3 Å². The van der Waals surface area contributed by atoms with Gasteiger partial charge in [0.25, 0.3) is 5.70 Å². The Bertz CT molecular complexity index is 1200. The van der Waals surface area contributed by atoms with E-state index in [4.69, 9.17) is 4.42 Å². The van der Waals surface area contributed by atoms with Gasteiger partial charge in [-0.05, 0) is 60.7 Å². The van der Waals surface area contributed by atoms with Crippen LogP contribution in [0.25, 0.3) is 23.1 Å². The van der Waals surface area contributed by atoms with Crippen molar-refractivity contribution < 1.29 is 9.34 Å². The second-order valence-corrected chi connectivity index (χ2v) is 6.44. The van der Waals surface area contributed by atoms with Crippen LogP contribution >= 0.6 is 0 Å². The first-order valence-corrected chi connectivity index (χ1v) is 9.27. The number of nitro groups is 1. The third-order valence-electron chi connectivity index (χ3n) is 4.36. The maximum Gasteiger partial charge on any atom is 0.280 e. The number of azo groups is 1. The van der Waals surface area contributed by atoms with Crippen molar-refractivity contribution in [2.24, 2.45) is 10.2 Å². The molecule has 0 saturated heterocycles. The van der Waals surface area contributed by atoms with E-state index in [1.165, 1.54) is 6.08 Å². The second-order valence-electron chi connectivity index (χ2n) is 6.44. The Balaban J connectivity index is 1.54. The summed E-state index contributed by atoms with van der Waals surface area (Å²) in [5, 5.41) is 19.9. The van der Waals surface area contributed by atoms with E-state index < -0.39 is 4.92 Å². The smallest absolute Gasteiger partial charge is 0.280 e. The van der Waals surface area contributed by atoms with Crippen LogP contribution in [0.2, 0.25) is 0 Å². The summed E-state index contributed by atoms with van der Waals surface area (Å²) in [7, 11) is 0. The summed E-state index contributed by atoms with van der Waals surface area (Å²) in [5.41, 5.74) is 2.84. The lowest BCUT2D eigenvalue weighted by Crippen LogP contribution is -1.97. The van der Waals surface area contributed by atoms with Crippen molar-refractivity contribution in [3.05, 3.63) is 118 Å². The van der Waals surface area contributed by atoms with Gasteiger partial charge in [0, 0.05) is 5.56 Å². The van der Waals surface area contributed by atoms with Gasteiger partial charge in [0.2, 0.25) is 0 Å². The molecule has 0 aliphatic carbocycles. The second kappa shape index (κ2) is 8.79. The molecule has 6 heteroatoms. The molecule has 6 nitrogen and oxygen atoms in total. The highest BCUT2D eigenvalue weighted by atomic mass is 16.6. The quantitative estimate of drug-likeness (QED) is 0.198. The molecule has 0 N–H and O–H groups in total. The van der Waals surface area contributed by atoms with Crippen molar-refractivity contribution >= 4 is 23.1 Å². The van der Waals surface area contributed by atoms with Gasteiger partial charge >= 0.3 is 0 Å². The van der Waals surface area contributed by atoms with Crippen LogP contribution in [-0.2, 0) is 0 Å². The first kappa shape index (κ1) is 19.0. The molecule has 0 spiro atoms. The van der Waals surface area contributed by atoms with E-state index in [9.17, 15) is 10.1 Å². The molecule has 1 heterocycles. The van der Waals surface area contributed by atoms with Gasteiger partial charge < -0.3 is 4.42 Å². The average Bonchev–Trinajstić information content (AvgIpc) is 3.26. The summed E-state index contributed by atoms with van der Waals surface area (Å²) in [4.78, 5) is 11.0. The molecule has 3 aromatic carbocycles. The molecule has 0 atom stereocenters. The summed E-state index contributed by atoms with van der Waals surface area (Å²) >= 11 is 0. The molecule has 0 aliphatic heterocycles. The van der Waals surface area contributed by atoms with Gasteiger partial charge in [-0.3, -0.25) is 10.1 Å². The van der Waals surface area contributed by atoms with Crippen molar-refractivity contribution in [2.45, 2.75) is 0 Å². The van der Waals surface area contributed by atoms with Crippen LogP contribution in [0, 0.1) is 10.1 Å². The zero-order chi connectivity index (χ0) is 20.8. The van der Waals surface area contributed by atoms with Gasteiger partial charge in [0.1, 0.15) is 11.5 Å². The van der Waals surface area contributed by atoms with Crippen LogP contribution in [0.4, 0.5) is 11.4 Å². The minimum atomic E-state index is -0.413. The number of nitrogens with zero attached hydrogens (tertiary/aromatic N) is 3. The van der Waals surface area contributed by atoms with Crippen molar-refractivity contribution in [3.63, 3.8) is 0 Å². The largest absolute Gasteiger partial charge is 0.456 e. The van der Waals surface area contributed by atoms with Crippen LogP contribution < -0.4 is 0 Å². The van der Waals surface area contributed by atoms with Crippen LogP contribution in [0.3, 0.4) is 0 Å². The normalized spacial score (nSPS) is 11.7. The van der Waals surface area contributed by atoms with E-state index in [1.807, 2.05) is 60.7 Å². The van der Waals surface area contributed by atoms with Crippen molar-refractivity contribution in [2.75, 3.05) is 0 Å². The van der Waals surface area contributed by atoms with E-state index >= 15 is 0 Å². The SMILES string of the molecule is O=[N+]([O-])/C(=C\c1ccc(-c2ccc(N=Nc3ccccc3)cc2)o1)c1ccccc1. The van der Waals surface area contributed by atoms with E-state index in [-0.39, 0.29) is 5.70 Å². The highest BCUT2D eigenvalue weighted by molar-refractivity contribution is 5.75. The maximum absolute atomic E-state index is 11.5. The lowest BCUT2D eigenvalue weighted by atomic mass is 10.1. The van der Waals surface area contributed by atoms with Gasteiger partial charge in [-0.25, -0.2) is 0 Å². The summed E-state index contributed by atoms with van der Waals surface area (Å²) in [5.74, 6) is 1.02. The Morgan fingerprint density at radius 3 is 2.00 bits per heavy atom. The fourth-order valence-corrected chi connectivity index (χ4v) is 2.87. The predicted octanol–water partition coefficient (Wildman–Crippen LogP) is 7.14. The molecule has 4 rings (SSSR count). The first-order valence-electron chi connectivity index (χ1n) is 9.27. The molecular formula is C24H17N3O3. The van der Waals surface area contributed by atoms with E-state index in [2.05, 4.69) is 10.2 Å². The minimum absolute atomic E-state index is 0.0202. The van der Waals surface area contributed by atoms with Crippen LogP contribution in [-0.4, -0.2) is 4.92 Å². The molecule has 0 unspecified atom stereocenters. The Morgan fingerprint density at radius 1 is 0.767 bits per heavy atom. The lowest BCUT2D eigenvalue weighted by molar-refractivity contribution is -0.374. The van der Waals surface area contributed by atoms with Gasteiger partial charge in [-0.2, -0.15) is 10.2 Å². The Kier molecular flexibility index (Phi) is 5.57. The molecule has 0 amide bonds. The predicted molar refractivity (Wildman–Crippen MR) is 116 cm³/mol. The Labute approximate surface area is 173 Å². The molecule has 4 aromatic rings. The van der Waals surface area contributed by atoms with Gasteiger partial charge in [-0.15, -0.1) is 0 Å². The van der Waals surface area contributed by atoms with Crippen molar-refractivity contribution in [1.82, 2.24) is 0 Å². The van der Waals surface area contributed by atoms with Gasteiger partial charge in [0.15, 0.2) is 0 Å². The molecule has 0 radical (unpaired) electrons. The van der Waals surface area contributed by atoms with Crippen molar-refractivity contribution in [1.29, 1.82) is 0 Å². The third kappa shape index (κ3) is 4.56. The Morgan fingerprint density at radius 2 is 1.37 bits per heavy atom. The monoisotopic (exact) mass is 395 g/mol. The Hall–Kier alpha value is -4.32. The third-order valence-corrected chi connectivity index (χ3v) is 4.36. The maximum atomic E-state index is 11.5.